The van der Waals surface area contributed by atoms with Crippen LogP contribution in [0.25, 0.3) is 0 Å². The van der Waals surface area contributed by atoms with Gasteiger partial charge in [0.2, 0.25) is 0 Å². The second-order valence-corrected chi connectivity index (χ2v) is 5.75. The lowest BCUT2D eigenvalue weighted by molar-refractivity contribution is 0.0960. The Hall–Kier alpha value is -3.34. The van der Waals surface area contributed by atoms with Crippen molar-refractivity contribution in [2.45, 2.75) is 6.54 Å². The molecule has 0 bridgehead atoms. The number of aromatic nitrogens is 1. The lowest BCUT2D eigenvalue weighted by Gasteiger charge is -2.26. The Morgan fingerprint density at radius 2 is 1.88 bits per heavy atom. The molecule has 2 aromatic carbocycles. The Bertz CT molecular complexity index is 867. The molecule has 0 radical (unpaired) electrons. The number of nitrogens with one attached hydrogen (secondary N) is 1. The van der Waals surface area contributed by atoms with Gasteiger partial charge in [-0.3, -0.25) is 9.78 Å². The van der Waals surface area contributed by atoms with Gasteiger partial charge >= 0.3 is 0 Å². The van der Waals surface area contributed by atoms with Crippen molar-refractivity contribution in [2.24, 2.45) is 0 Å². The minimum absolute atomic E-state index is 0.174. The van der Waals surface area contributed by atoms with Gasteiger partial charge in [0, 0.05) is 43.4 Å². The van der Waals surface area contributed by atoms with Gasteiger partial charge < -0.3 is 15.0 Å². The fourth-order valence-electron chi connectivity index (χ4n) is 2.78. The topological polar surface area (TPSA) is 54.5 Å². The highest BCUT2D eigenvalue weighted by atomic mass is 16.5. The molecular weight excluding hydrogens is 326 g/mol. The summed E-state index contributed by atoms with van der Waals surface area (Å²) in [5, 5.41) is 2.64. The van der Waals surface area contributed by atoms with Crippen molar-refractivity contribution in [3.8, 4) is 5.75 Å². The second kappa shape index (κ2) is 8.16. The van der Waals surface area contributed by atoms with Crippen LogP contribution >= 0.6 is 0 Å². The number of ether oxygens (including phenoxy) is 1. The van der Waals surface area contributed by atoms with Crippen LogP contribution in [-0.4, -0.2) is 25.0 Å². The lowest BCUT2D eigenvalue weighted by Crippen LogP contribution is -2.20. The van der Waals surface area contributed by atoms with E-state index < -0.39 is 0 Å². The molecule has 0 aliphatic carbocycles. The van der Waals surface area contributed by atoms with Gasteiger partial charge in [0.05, 0.1) is 12.7 Å². The van der Waals surface area contributed by atoms with E-state index >= 15 is 0 Å². The fraction of sp³-hybridized carbons (Fsp3) is 0.143. The molecule has 3 rings (SSSR count). The summed E-state index contributed by atoms with van der Waals surface area (Å²) in [5.74, 6) is 0.362. The highest BCUT2D eigenvalue weighted by Crippen LogP contribution is 2.32. The fourth-order valence-corrected chi connectivity index (χ4v) is 2.78. The zero-order chi connectivity index (χ0) is 18.4. The van der Waals surface area contributed by atoms with E-state index in [0.717, 1.165) is 16.9 Å². The number of methoxy groups -OCH3 is 1. The van der Waals surface area contributed by atoms with Gasteiger partial charge in [0.15, 0.2) is 0 Å². The first-order valence-corrected chi connectivity index (χ1v) is 8.34. The van der Waals surface area contributed by atoms with Gasteiger partial charge in [0.25, 0.3) is 5.91 Å². The number of amides is 1. The van der Waals surface area contributed by atoms with E-state index in [4.69, 9.17) is 4.74 Å². The summed E-state index contributed by atoms with van der Waals surface area (Å²) in [5.41, 5.74) is 3.58. The quantitative estimate of drug-likeness (QED) is 0.737. The third kappa shape index (κ3) is 3.83. The van der Waals surface area contributed by atoms with Crippen LogP contribution in [0.15, 0.2) is 73.1 Å². The van der Waals surface area contributed by atoms with E-state index in [1.54, 1.807) is 26.4 Å². The lowest BCUT2D eigenvalue weighted by atomic mass is 10.1. The average Bonchev–Trinajstić information content (AvgIpc) is 2.72. The molecule has 0 saturated heterocycles. The highest BCUT2D eigenvalue weighted by molar-refractivity contribution is 5.97. The summed E-state index contributed by atoms with van der Waals surface area (Å²) in [4.78, 5) is 18.4. The van der Waals surface area contributed by atoms with Crippen molar-refractivity contribution in [3.05, 3.63) is 84.2 Å². The van der Waals surface area contributed by atoms with Gasteiger partial charge in [-0.05, 0) is 35.9 Å². The minimum atomic E-state index is -0.174. The Labute approximate surface area is 153 Å². The van der Waals surface area contributed by atoms with Gasteiger partial charge in [-0.2, -0.15) is 0 Å². The van der Waals surface area contributed by atoms with E-state index in [2.05, 4.69) is 27.3 Å². The molecule has 26 heavy (non-hydrogen) atoms. The van der Waals surface area contributed by atoms with Gasteiger partial charge in [-0.1, -0.05) is 24.3 Å². The summed E-state index contributed by atoms with van der Waals surface area (Å²) >= 11 is 0. The third-order valence-electron chi connectivity index (χ3n) is 4.10. The molecule has 0 aliphatic rings. The zero-order valence-electron chi connectivity index (χ0n) is 14.8. The number of rotatable bonds is 6. The monoisotopic (exact) mass is 347 g/mol. The predicted molar refractivity (Wildman–Crippen MR) is 103 cm³/mol. The second-order valence-electron chi connectivity index (χ2n) is 5.75. The summed E-state index contributed by atoms with van der Waals surface area (Å²) in [6.45, 7) is 0.653. The van der Waals surface area contributed by atoms with Crippen LogP contribution in [0.5, 0.6) is 5.75 Å². The highest BCUT2D eigenvalue weighted by Gasteiger charge is 2.16. The number of pyridine rings is 1. The Balaban J connectivity index is 2.03. The molecule has 0 aliphatic heterocycles. The van der Waals surface area contributed by atoms with Crippen molar-refractivity contribution in [2.75, 3.05) is 19.1 Å². The molecule has 0 saturated carbocycles. The van der Waals surface area contributed by atoms with E-state index in [1.807, 2.05) is 48.7 Å². The molecule has 1 amide bonds. The number of carbonyl (C=O) groups excluding carboxylic acids is 1. The molecule has 5 nitrogen and oxygen atoms in total. The average molecular weight is 347 g/mol. The van der Waals surface area contributed by atoms with Crippen LogP contribution in [0.1, 0.15) is 15.9 Å². The van der Waals surface area contributed by atoms with E-state index in [-0.39, 0.29) is 5.91 Å². The maximum absolute atomic E-state index is 12.0. The predicted octanol–water partition coefficient (Wildman–Crippen LogP) is 3.79. The number of carbonyl (C=O) groups is 1. The van der Waals surface area contributed by atoms with Crippen LogP contribution in [0.2, 0.25) is 0 Å². The van der Waals surface area contributed by atoms with E-state index in [0.29, 0.717) is 17.9 Å². The van der Waals surface area contributed by atoms with Crippen LogP contribution in [-0.2, 0) is 6.54 Å². The first-order chi connectivity index (χ1) is 12.7. The standard InChI is InChI=1S/C21H21N3O2/c1-22-21(25)19-11-10-18(13-20(19)26-2)24(17-8-4-3-5-9-17)15-16-7-6-12-23-14-16/h3-14H,15H2,1-2H3,(H,22,25). The first kappa shape index (κ1) is 17.5. The van der Waals surface area contributed by atoms with Crippen molar-refractivity contribution in [3.63, 3.8) is 0 Å². The van der Waals surface area contributed by atoms with Crippen LogP contribution in [0, 0.1) is 0 Å². The van der Waals surface area contributed by atoms with Crippen LogP contribution in [0.3, 0.4) is 0 Å². The number of anilines is 2. The van der Waals surface area contributed by atoms with Crippen molar-refractivity contribution in [1.29, 1.82) is 0 Å². The van der Waals surface area contributed by atoms with Gasteiger partial charge in [-0.25, -0.2) is 0 Å². The largest absolute Gasteiger partial charge is 0.496 e. The maximum Gasteiger partial charge on any atom is 0.254 e. The molecule has 1 heterocycles. The van der Waals surface area contributed by atoms with Gasteiger partial charge in [-0.15, -0.1) is 0 Å². The molecule has 0 atom stereocenters. The third-order valence-corrected chi connectivity index (χ3v) is 4.10. The van der Waals surface area contributed by atoms with Gasteiger partial charge in [0.1, 0.15) is 5.75 Å². The minimum Gasteiger partial charge on any atom is -0.496 e. The van der Waals surface area contributed by atoms with Crippen LogP contribution < -0.4 is 15.0 Å². The molecule has 0 spiro atoms. The maximum atomic E-state index is 12.0. The van der Waals surface area contributed by atoms with Crippen molar-refractivity contribution in [1.82, 2.24) is 10.3 Å². The molecule has 132 valence electrons. The number of hydrogen-bond acceptors (Lipinski definition) is 4. The molecule has 1 aromatic heterocycles. The summed E-state index contributed by atoms with van der Waals surface area (Å²) in [7, 11) is 3.17. The number of para-hydroxylation sites is 1. The van der Waals surface area contributed by atoms with Crippen molar-refractivity contribution < 1.29 is 9.53 Å². The first-order valence-electron chi connectivity index (χ1n) is 8.34. The SMILES string of the molecule is CNC(=O)c1ccc(N(Cc2cccnc2)c2ccccc2)cc1OC. The smallest absolute Gasteiger partial charge is 0.254 e. The summed E-state index contributed by atoms with van der Waals surface area (Å²) in [6, 6.07) is 19.7. The van der Waals surface area contributed by atoms with Crippen molar-refractivity contribution >= 4 is 17.3 Å². The molecule has 1 N–H and O–H groups in total. The Kier molecular flexibility index (Phi) is 5.49. The van der Waals surface area contributed by atoms with Crippen LogP contribution in [0.4, 0.5) is 11.4 Å². The zero-order valence-corrected chi connectivity index (χ0v) is 14.8. The van der Waals surface area contributed by atoms with E-state index in [1.165, 1.54) is 0 Å². The summed E-state index contributed by atoms with van der Waals surface area (Å²) < 4.78 is 5.45. The molecule has 0 unspecified atom stereocenters. The normalized spacial score (nSPS) is 10.2. The molecule has 3 aromatic rings. The Morgan fingerprint density at radius 1 is 1.08 bits per heavy atom. The molecular formula is C21H21N3O2. The Morgan fingerprint density at radius 3 is 2.54 bits per heavy atom. The molecule has 5 heteroatoms. The summed E-state index contributed by atoms with van der Waals surface area (Å²) in [6.07, 6.45) is 3.61. The van der Waals surface area contributed by atoms with E-state index in [9.17, 15) is 4.79 Å². The molecule has 0 fully saturated rings. The number of benzene rings is 2. The number of nitrogens with zero attached hydrogens (tertiary/aromatic N) is 2. The number of hydrogen-bond donors (Lipinski definition) is 1.